The lowest BCUT2D eigenvalue weighted by Crippen LogP contribution is -1.96. The number of pyridine rings is 1. The van der Waals surface area contributed by atoms with Gasteiger partial charge < -0.3 is 4.52 Å². The maximum Gasteiger partial charge on any atom is 0.230 e. The molecule has 1 aliphatic rings. The number of benzene rings is 1. The van der Waals surface area contributed by atoms with Crippen molar-refractivity contribution in [2.24, 2.45) is 0 Å². The van der Waals surface area contributed by atoms with Crippen molar-refractivity contribution < 1.29 is 12.9 Å². The third kappa shape index (κ3) is 2.82. The highest BCUT2D eigenvalue weighted by Gasteiger charge is 2.43. The molecule has 6 nitrogen and oxygen atoms in total. The van der Waals surface area contributed by atoms with Crippen molar-refractivity contribution in [2.75, 3.05) is 6.26 Å². The molecule has 1 aliphatic carbocycles. The Morgan fingerprint density at radius 2 is 1.92 bits per heavy atom. The summed E-state index contributed by atoms with van der Waals surface area (Å²) in [7, 11) is -3.21. The Hall–Kier alpha value is -2.54. The van der Waals surface area contributed by atoms with Gasteiger partial charge in [-0.2, -0.15) is 4.98 Å². The first-order valence-electron chi connectivity index (χ1n) is 7.56. The smallest absolute Gasteiger partial charge is 0.230 e. The zero-order chi connectivity index (χ0) is 16.7. The molecular weight excluding hydrogens is 326 g/mol. The van der Waals surface area contributed by atoms with Crippen LogP contribution in [0.1, 0.15) is 29.7 Å². The second-order valence-corrected chi connectivity index (χ2v) is 8.00. The molecule has 2 heterocycles. The summed E-state index contributed by atoms with van der Waals surface area (Å²) in [6.45, 7) is 0. The van der Waals surface area contributed by atoms with Crippen molar-refractivity contribution in [3.05, 3.63) is 60.2 Å². The average Bonchev–Trinajstić information content (AvgIpc) is 3.24. The van der Waals surface area contributed by atoms with E-state index in [4.69, 9.17) is 4.52 Å². The van der Waals surface area contributed by atoms with Gasteiger partial charge in [-0.15, -0.1) is 0 Å². The Labute approximate surface area is 139 Å². The van der Waals surface area contributed by atoms with Gasteiger partial charge in [0.25, 0.3) is 0 Å². The number of aromatic nitrogens is 3. The molecule has 0 unspecified atom stereocenters. The SMILES string of the molecule is CS(=O)(=O)c1ccc(-c2noc([C@@H]3C[C@H]3c3cccnc3)n2)cc1. The topological polar surface area (TPSA) is 86.0 Å². The van der Waals surface area contributed by atoms with Crippen molar-refractivity contribution >= 4 is 9.84 Å². The van der Waals surface area contributed by atoms with Crippen molar-refractivity contribution in [1.82, 2.24) is 15.1 Å². The van der Waals surface area contributed by atoms with E-state index in [0.29, 0.717) is 17.6 Å². The number of hydrogen-bond donors (Lipinski definition) is 0. The van der Waals surface area contributed by atoms with Crippen molar-refractivity contribution in [3.63, 3.8) is 0 Å². The van der Waals surface area contributed by atoms with E-state index >= 15 is 0 Å². The van der Waals surface area contributed by atoms with Crippen LogP contribution in [0.25, 0.3) is 11.4 Å². The van der Waals surface area contributed by atoms with Gasteiger partial charge in [0.2, 0.25) is 11.7 Å². The molecule has 3 aromatic rings. The van der Waals surface area contributed by atoms with Gasteiger partial charge in [-0.05, 0) is 48.2 Å². The molecule has 7 heteroatoms. The number of hydrogen-bond acceptors (Lipinski definition) is 6. The summed E-state index contributed by atoms with van der Waals surface area (Å²) in [5, 5.41) is 4.02. The van der Waals surface area contributed by atoms with Crippen LogP contribution in [-0.4, -0.2) is 29.8 Å². The van der Waals surface area contributed by atoms with E-state index in [-0.39, 0.29) is 10.8 Å². The van der Waals surface area contributed by atoms with Crippen LogP contribution in [0.4, 0.5) is 0 Å². The molecule has 1 aromatic carbocycles. The van der Waals surface area contributed by atoms with Crippen LogP contribution in [0, 0.1) is 0 Å². The van der Waals surface area contributed by atoms with Crippen LogP contribution in [0.15, 0.2) is 58.2 Å². The van der Waals surface area contributed by atoms with Crippen LogP contribution in [0.5, 0.6) is 0 Å². The van der Waals surface area contributed by atoms with Gasteiger partial charge in [-0.3, -0.25) is 4.98 Å². The number of sulfone groups is 1. The molecule has 122 valence electrons. The molecule has 1 saturated carbocycles. The fourth-order valence-corrected chi connectivity index (χ4v) is 3.42. The van der Waals surface area contributed by atoms with Gasteiger partial charge in [0.05, 0.1) is 4.90 Å². The van der Waals surface area contributed by atoms with Crippen LogP contribution in [0.3, 0.4) is 0 Å². The third-order valence-electron chi connectivity index (χ3n) is 4.20. The number of rotatable bonds is 4. The second kappa shape index (κ2) is 5.52. The molecule has 0 radical (unpaired) electrons. The molecular formula is C17H15N3O3S. The summed E-state index contributed by atoms with van der Waals surface area (Å²) in [5.74, 6) is 1.69. The van der Waals surface area contributed by atoms with Gasteiger partial charge in [0.1, 0.15) is 0 Å². The molecule has 0 N–H and O–H groups in total. The largest absolute Gasteiger partial charge is 0.339 e. The van der Waals surface area contributed by atoms with Gasteiger partial charge >= 0.3 is 0 Å². The zero-order valence-electron chi connectivity index (χ0n) is 13.0. The fraction of sp³-hybridized carbons (Fsp3) is 0.235. The highest BCUT2D eigenvalue weighted by Crippen LogP contribution is 2.54. The van der Waals surface area contributed by atoms with E-state index in [2.05, 4.69) is 21.2 Å². The summed E-state index contributed by atoms with van der Waals surface area (Å²) in [5.41, 5.74) is 1.91. The summed E-state index contributed by atoms with van der Waals surface area (Å²) in [4.78, 5) is 8.87. The van der Waals surface area contributed by atoms with Crippen molar-refractivity contribution in [3.8, 4) is 11.4 Å². The minimum Gasteiger partial charge on any atom is -0.339 e. The molecule has 24 heavy (non-hydrogen) atoms. The maximum atomic E-state index is 11.5. The van der Waals surface area contributed by atoms with Crippen LogP contribution < -0.4 is 0 Å². The molecule has 1 fully saturated rings. The predicted octanol–water partition coefficient (Wildman–Crippen LogP) is 2.81. The lowest BCUT2D eigenvalue weighted by atomic mass is 10.1. The highest BCUT2D eigenvalue weighted by atomic mass is 32.2. The molecule has 4 rings (SSSR count). The normalized spacial score (nSPS) is 20.0. The van der Waals surface area contributed by atoms with E-state index in [9.17, 15) is 8.42 Å². The number of nitrogens with zero attached hydrogens (tertiary/aromatic N) is 3. The third-order valence-corrected chi connectivity index (χ3v) is 5.33. The summed E-state index contributed by atoms with van der Waals surface area (Å²) in [6.07, 6.45) is 5.78. The minimum atomic E-state index is -3.21. The van der Waals surface area contributed by atoms with Crippen molar-refractivity contribution in [1.29, 1.82) is 0 Å². The van der Waals surface area contributed by atoms with E-state index in [1.54, 1.807) is 30.5 Å². The second-order valence-electron chi connectivity index (χ2n) is 5.99. The molecule has 0 spiro atoms. The van der Waals surface area contributed by atoms with Gasteiger partial charge in [0, 0.05) is 30.1 Å². The average molecular weight is 341 g/mol. The Balaban J connectivity index is 1.54. The van der Waals surface area contributed by atoms with Gasteiger partial charge in [0.15, 0.2) is 9.84 Å². The van der Waals surface area contributed by atoms with Crippen LogP contribution in [0.2, 0.25) is 0 Å². The van der Waals surface area contributed by atoms with Crippen LogP contribution in [-0.2, 0) is 9.84 Å². The maximum absolute atomic E-state index is 11.5. The van der Waals surface area contributed by atoms with Crippen LogP contribution >= 0.6 is 0 Å². The minimum absolute atomic E-state index is 0.228. The Kier molecular flexibility index (Phi) is 3.45. The Morgan fingerprint density at radius 1 is 1.12 bits per heavy atom. The molecule has 0 bridgehead atoms. The standard InChI is InChI=1S/C17H15N3O3S/c1-24(21,22)13-6-4-11(5-7-13)16-19-17(23-20-16)15-9-14(15)12-3-2-8-18-10-12/h2-8,10,14-15H,9H2,1H3/t14-,15+/m0/s1. The Bertz CT molecular complexity index is 966. The fourth-order valence-electron chi connectivity index (χ4n) is 2.79. The van der Waals surface area contributed by atoms with E-state index in [0.717, 1.165) is 12.0 Å². The summed E-state index contributed by atoms with van der Waals surface area (Å²) < 4.78 is 28.4. The summed E-state index contributed by atoms with van der Waals surface area (Å²) in [6, 6.07) is 10.5. The van der Waals surface area contributed by atoms with Gasteiger partial charge in [-0.1, -0.05) is 11.2 Å². The van der Waals surface area contributed by atoms with E-state index < -0.39 is 9.84 Å². The van der Waals surface area contributed by atoms with Crippen molar-refractivity contribution in [2.45, 2.75) is 23.2 Å². The predicted molar refractivity (Wildman–Crippen MR) is 87.2 cm³/mol. The first kappa shape index (κ1) is 15.0. The van der Waals surface area contributed by atoms with Gasteiger partial charge in [-0.25, -0.2) is 8.42 Å². The monoisotopic (exact) mass is 341 g/mol. The zero-order valence-corrected chi connectivity index (χ0v) is 13.8. The first-order valence-corrected chi connectivity index (χ1v) is 9.45. The molecule has 0 aliphatic heterocycles. The molecule has 2 atom stereocenters. The lowest BCUT2D eigenvalue weighted by Gasteiger charge is -1.98. The van der Waals surface area contributed by atoms with E-state index in [1.807, 2.05) is 12.3 Å². The first-order chi connectivity index (χ1) is 11.5. The molecule has 2 aromatic heterocycles. The summed E-state index contributed by atoms with van der Waals surface area (Å²) >= 11 is 0. The lowest BCUT2D eigenvalue weighted by molar-refractivity contribution is 0.378. The molecule has 0 saturated heterocycles. The van der Waals surface area contributed by atoms with E-state index in [1.165, 1.54) is 11.8 Å². The molecule has 0 amide bonds. The quantitative estimate of drug-likeness (QED) is 0.725. The highest BCUT2D eigenvalue weighted by molar-refractivity contribution is 7.90. The Morgan fingerprint density at radius 3 is 2.58 bits per heavy atom.